The number of aryl methyl sites for hydroxylation is 1. The van der Waals surface area contributed by atoms with Gasteiger partial charge in [0, 0.05) is 17.2 Å². The first kappa shape index (κ1) is 20.6. The van der Waals surface area contributed by atoms with E-state index >= 15 is 0 Å². The average Bonchev–Trinajstić information content (AvgIpc) is 3.28. The predicted octanol–water partition coefficient (Wildman–Crippen LogP) is 4.41. The first-order valence-electron chi connectivity index (χ1n) is 9.16. The van der Waals surface area contributed by atoms with Crippen LogP contribution >= 0.6 is 11.6 Å². The highest BCUT2D eigenvalue weighted by molar-refractivity contribution is 6.51. The molecule has 4 rings (SSSR count). The van der Waals surface area contributed by atoms with Gasteiger partial charge in [-0.25, -0.2) is 4.39 Å². The van der Waals surface area contributed by atoms with E-state index in [1.165, 1.54) is 49.6 Å². The summed E-state index contributed by atoms with van der Waals surface area (Å²) in [4.78, 5) is 26.9. The molecular formula is C22H16ClFN2O5. The standard InChI is InChI=1S/C22H16ClFN2O5/c1-11-9-17(25-31-11)26-19(13-5-3-4-6-15(13)24)18(21(28)22(26)29)20(27)12-7-8-16(30-2)14(23)10-12/h3-10,19,27H,1-2H3/b20-18+/t19-/m1/s1. The predicted molar refractivity (Wildman–Crippen MR) is 110 cm³/mol. The van der Waals surface area contributed by atoms with Gasteiger partial charge in [-0.05, 0) is 31.2 Å². The Labute approximate surface area is 181 Å². The summed E-state index contributed by atoms with van der Waals surface area (Å²) < 4.78 is 24.9. The van der Waals surface area contributed by atoms with Crippen LogP contribution in [-0.4, -0.2) is 29.1 Å². The van der Waals surface area contributed by atoms with E-state index in [0.717, 1.165) is 4.90 Å². The number of amides is 1. The number of anilines is 1. The maximum atomic E-state index is 14.8. The van der Waals surface area contributed by atoms with Gasteiger partial charge < -0.3 is 14.4 Å². The Morgan fingerprint density at radius 2 is 1.97 bits per heavy atom. The highest BCUT2D eigenvalue weighted by atomic mass is 35.5. The number of ether oxygens (including phenoxy) is 1. The minimum Gasteiger partial charge on any atom is -0.507 e. The number of aromatic nitrogens is 1. The van der Waals surface area contributed by atoms with Crippen LogP contribution < -0.4 is 9.64 Å². The molecular weight excluding hydrogens is 427 g/mol. The number of hydrogen-bond acceptors (Lipinski definition) is 6. The van der Waals surface area contributed by atoms with Crippen LogP contribution in [0.25, 0.3) is 5.76 Å². The van der Waals surface area contributed by atoms with Crippen LogP contribution in [0.5, 0.6) is 5.75 Å². The fourth-order valence-electron chi connectivity index (χ4n) is 3.50. The topological polar surface area (TPSA) is 92.9 Å². The smallest absolute Gasteiger partial charge is 0.301 e. The molecule has 7 nitrogen and oxygen atoms in total. The van der Waals surface area contributed by atoms with Crippen molar-refractivity contribution in [3.63, 3.8) is 0 Å². The number of aliphatic hydroxyl groups is 1. The molecule has 0 radical (unpaired) electrons. The zero-order valence-corrected chi connectivity index (χ0v) is 17.2. The summed E-state index contributed by atoms with van der Waals surface area (Å²) in [7, 11) is 1.43. The quantitative estimate of drug-likeness (QED) is 0.365. The largest absolute Gasteiger partial charge is 0.507 e. The van der Waals surface area contributed by atoms with Gasteiger partial charge in [-0.1, -0.05) is 35.0 Å². The number of nitrogens with zero attached hydrogens (tertiary/aromatic N) is 2. The third-order valence-corrected chi connectivity index (χ3v) is 5.23. The first-order chi connectivity index (χ1) is 14.8. The van der Waals surface area contributed by atoms with Crippen LogP contribution in [0.4, 0.5) is 10.2 Å². The second kappa shape index (κ2) is 7.88. The molecule has 1 amide bonds. The van der Waals surface area contributed by atoms with Crippen molar-refractivity contribution in [2.24, 2.45) is 0 Å². The lowest BCUT2D eigenvalue weighted by Gasteiger charge is -2.23. The van der Waals surface area contributed by atoms with Crippen LogP contribution in [0.2, 0.25) is 5.02 Å². The van der Waals surface area contributed by atoms with Crippen LogP contribution in [0.3, 0.4) is 0 Å². The van der Waals surface area contributed by atoms with Crippen LogP contribution in [0, 0.1) is 12.7 Å². The molecule has 1 fully saturated rings. The monoisotopic (exact) mass is 442 g/mol. The lowest BCUT2D eigenvalue weighted by Crippen LogP contribution is -2.30. The van der Waals surface area contributed by atoms with Crippen molar-refractivity contribution < 1.29 is 28.3 Å². The molecule has 0 aliphatic carbocycles. The van der Waals surface area contributed by atoms with E-state index in [2.05, 4.69) is 5.16 Å². The molecule has 1 aliphatic rings. The molecule has 2 aromatic carbocycles. The number of halogens is 2. The molecule has 31 heavy (non-hydrogen) atoms. The molecule has 1 atom stereocenters. The molecule has 158 valence electrons. The lowest BCUT2D eigenvalue weighted by atomic mass is 9.95. The van der Waals surface area contributed by atoms with Gasteiger partial charge in [-0.3, -0.25) is 14.5 Å². The van der Waals surface area contributed by atoms with E-state index in [9.17, 15) is 19.1 Å². The van der Waals surface area contributed by atoms with Crippen molar-refractivity contribution in [3.05, 3.63) is 81.8 Å². The Balaban J connectivity index is 1.96. The van der Waals surface area contributed by atoms with Gasteiger partial charge in [0.15, 0.2) is 5.82 Å². The number of Topliss-reactive ketones (excluding diaryl/α,β-unsaturated/α-hetero) is 1. The van der Waals surface area contributed by atoms with Crippen molar-refractivity contribution in [1.82, 2.24) is 5.16 Å². The van der Waals surface area contributed by atoms with Crippen molar-refractivity contribution in [1.29, 1.82) is 0 Å². The number of carbonyl (C=O) groups excluding carboxylic acids is 2. The summed E-state index contributed by atoms with van der Waals surface area (Å²) >= 11 is 6.15. The van der Waals surface area contributed by atoms with Gasteiger partial charge in [0.2, 0.25) is 0 Å². The van der Waals surface area contributed by atoms with Crippen molar-refractivity contribution in [2.45, 2.75) is 13.0 Å². The third-order valence-electron chi connectivity index (χ3n) is 4.93. The summed E-state index contributed by atoms with van der Waals surface area (Å²) in [6.07, 6.45) is 0. The Bertz CT molecular complexity index is 1240. The molecule has 0 saturated carbocycles. The Morgan fingerprint density at radius 1 is 1.23 bits per heavy atom. The normalized spacial score (nSPS) is 17.9. The number of rotatable bonds is 4. The van der Waals surface area contributed by atoms with Gasteiger partial charge in [-0.2, -0.15) is 0 Å². The summed E-state index contributed by atoms with van der Waals surface area (Å²) in [6, 6.07) is 10.2. The number of hydrogen-bond donors (Lipinski definition) is 1. The molecule has 1 saturated heterocycles. The molecule has 0 unspecified atom stereocenters. The number of aliphatic hydroxyl groups excluding tert-OH is 1. The zero-order valence-electron chi connectivity index (χ0n) is 16.4. The number of carbonyl (C=O) groups is 2. The van der Waals surface area contributed by atoms with Crippen LogP contribution in [0.15, 0.2) is 58.6 Å². The van der Waals surface area contributed by atoms with Crippen LogP contribution in [-0.2, 0) is 9.59 Å². The summed E-state index contributed by atoms with van der Waals surface area (Å²) in [5.74, 6) is -2.33. The summed E-state index contributed by atoms with van der Waals surface area (Å²) in [5.41, 5.74) is -0.109. The SMILES string of the molecule is COc1ccc(/C(O)=C2\C(=O)C(=O)N(c3cc(C)on3)[C@@H]2c2ccccc2F)cc1Cl. The van der Waals surface area contributed by atoms with E-state index < -0.39 is 29.3 Å². The molecule has 0 spiro atoms. The number of methoxy groups -OCH3 is 1. The highest BCUT2D eigenvalue weighted by Crippen LogP contribution is 2.43. The van der Waals surface area contributed by atoms with E-state index in [-0.39, 0.29) is 27.5 Å². The zero-order chi connectivity index (χ0) is 22.3. The molecule has 1 aromatic heterocycles. The second-order valence-corrected chi connectivity index (χ2v) is 7.24. The minimum atomic E-state index is -1.26. The van der Waals surface area contributed by atoms with E-state index in [0.29, 0.717) is 11.5 Å². The first-order valence-corrected chi connectivity index (χ1v) is 9.54. The molecule has 1 N–H and O–H groups in total. The number of benzene rings is 2. The maximum Gasteiger partial charge on any atom is 0.301 e. The van der Waals surface area contributed by atoms with Crippen LogP contribution in [0.1, 0.15) is 22.9 Å². The fraction of sp³-hybridized carbons (Fsp3) is 0.136. The molecule has 2 heterocycles. The fourth-order valence-corrected chi connectivity index (χ4v) is 3.75. The maximum absolute atomic E-state index is 14.8. The van der Waals surface area contributed by atoms with Gasteiger partial charge in [0.25, 0.3) is 5.78 Å². The average molecular weight is 443 g/mol. The van der Waals surface area contributed by atoms with Gasteiger partial charge in [-0.15, -0.1) is 0 Å². The Hall–Kier alpha value is -3.65. The summed E-state index contributed by atoms with van der Waals surface area (Å²) in [6.45, 7) is 1.62. The van der Waals surface area contributed by atoms with Gasteiger partial charge >= 0.3 is 5.91 Å². The minimum absolute atomic E-state index is 0.0171. The van der Waals surface area contributed by atoms with Gasteiger partial charge in [0.05, 0.1) is 23.7 Å². The lowest BCUT2D eigenvalue weighted by molar-refractivity contribution is -0.132. The molecule has 3 aromatic rings. The van der Waals surface area contributed by atoms with Crippen molar-refractivity contribution in [2.75, 3.05) is 12.0 Å². The Kier molecular flexibility index (Phi) is 5.24. The van der Waals surface area contributed by atoms with Crippen molar-refractivity contribution in [3.8, 4) is 5.75 Å². The van der Waals surface area contributed by atoms with Gasteiger partial charge in [0.1, 0.15) is 23.1 Å². The highest BCUT2D eigenvalue weighted by Gasteiger charge is 2.48. The molecule has 9 heteroatoms. The molecule has 0 bridgehead atoms. The number of ketones is 1. The molecule has 1 aliphatic heterocycles. The van der Waals surface area contributed by atoms with E-state index in [1.807, 2.05) is 0 Å². The third kappa shape index (κ3) is 3.44. The van der Waals surface area contributed by atoms with Crippen molar-refractivity contribution >= 4 is 34.9 Å². The van der Waals surface area contributed by atoms with E-state index in [1.54, 1.807) is 13.0 Å². The Morgan fingerprint density at radius 3 is 2.58 bits per heavy atom. The summed E-state index contributed by atoms with van der Waals surface area (Å²) in [5, 5.41) is 15.0. The second-order valence-electron chi connectivity index (χ2n) is 6.84. The van der Waals surface area contributed by atoms with E-state index in [4.69, 9.17) is 20.9 Å².